The Kier molecular flexibility index (Phi) is 3.15. The van der Waals surface area contributed by atoms with Crippen molar-refractivity contribution >= 4 is 27.4 Å². The Morgan fingerprint density at radius 1 is 1.29 bits per heavy atom. The highest BCUT2D eigenvalue weighted by Crippen LogP contribution is 2.31. The maximum absolute atomic E-state index is 4.38. The Morgan fingerprint density at radius 2 is 2.19 bits per heavy atom. The second-order valence-corrected chi connectivity index (χ2v) is 6.57. The van der Waals surface area contributed by atoms with E-state index in [1.54, 1.807) is 11.3 Å². The zero-order valence-corrected chi connectivity index (χ0v) is 12.9. The van der Waals surface area contributed by atoms with Crippen molar-refractivity contribution in [2.24, 2.45) is 0 Å². The molecule has 4 nitrogen and oxygen atoms in total. The van der Waals surface area contributed by atoms with E-state index < -0.39 is 0 Å². The van der Waals surface area contributed by atoms with Crippen LogP contribution >= 0.6 is 11.3 Å². The molecule has 0 saturated carbocycles. The summed E-state index contributed by atoms with van der Waals surface area (Å²) in [4.78, 5) is 5.91. The van der Waals surface area contributed by atoms with Gasteiger partial charge < -0.3 is 9.88 Å². The van der Waals surface area contributed by atoms with Crippen molar-refractivity contribution in [3.05, 3.63) is 40.5 Å². The first-order chi connectivity index (χ1) is 10.3. The molecule has 21 heavy (non-hydrogen) atoms. The molecule has 0 aliphatic carbocycles. The minimum atomic E-state index is 0.931. The van der Waals surface area contributed by atoms with E-state index in [0.717, 1.165) is 42.5 Å². The molecule has 0 radical (unpaired) electrons. The second kappa shape index (κ2) is 5.15. The Balaban J connectivity index is 1.66. The molecular weight excluding hydrogens is 280 g/mol. The normalized spacial score (nSPS) is 14.6. The lowest BCUT2D eigenvalue weighted by Crippen LogP contribution is -2.29. The summed E-state index contributed by atoms with van der Waals surface area (Å²) in [5, 5.41) is 12.2. The summed E-state index contributed by atoms with van der Waals surface area (Å²) in [6.45, 7) is 4.13. The predicted octanol–water partition coefficient (Wildman–Crippen LogP) is 3.53. The highest BCUT2D eigenvalue weighted by atomic mass is 32.1. The fraction of sp³-hybridized carbons (Fsp3) is 0.375. The number of H-pyrrole nitrogens is 1. The Hall–Kier alpha value is -1.88. The van der Waals surface area contributed by atoms with Gasteiger partial charge in [0.05, 0.1) is 0 Å². The quantitative estimate of drug-likeness (QED) is 0.804. The number of aromatic amines is 1. The van der Waals surface area contributed by atoms with E-state index in [2.05, 4.69) is 51.3 Å². The molecule has 1 aliphatic rings. The number of benzene rings is 1. The summed E-state index contributed by atoms with van der Waals surface area (Å²) < 4.78 is 0. The first-order valence-electron chi connectivity index (χ1n) is 7.51. The molecule has 0 unspecified atom stereocenters. The van der Waals surface area contributed by atoms with Crippen molar-refractivity contribution in [2.45, 2.75) is 32.7 Å². The van der Waals surface area contributed by atoms with Crippen LogP contribution in [0.1, 0.15) is 29.6 Å². The SMILES string of the molecule is CCCc1nnc(N2CCc3[nH]c4ccccc4c3C2)s1. The van der Waals surface area contributed by atoms with Gasteiger partial charge in [0.25, 0.3) is 0 Å². The minimum absolute atomic E-state index is 0.931. The smallest absolute Gasteiger partial charge is 0.208 e. The number of nitrogens with zero attached hydrogens (tertiary/aromatic N) is 3. The Bertz CT molecular complexity index is 774. The molecule has 5 heteroatoms. The summed E-state index contributed by atoms with van der Waals surface area (Å²) in [5.74, 6) is 0. The topological polar surface area (TPSA) is 44.8 Å². The monoisotopic (exact) mass is 298 g/mol. The first kappa shape index (κ1) is 12.8. The van der Waals surface area contributed by atoms with Crippen molar-refractivity contribution in [3.63, 3.8) is 0 Å². The van der Waals surface area contributed by atoms with Crippen LogP contribution in [-0.2, 0) is 19.4 Å². The fourth-order valence-electron chi connectivity index (χ4n) is 3.02. The van der Waals surface area contributed by atoms with Gasteiger partial charge in [0.15, 0.2) is 0 Å². The summed E-state index contributed by atoms with van der Waals surface area (Å²) >= 11 is 1.74. The molecule has 1 N–H and O–H groups in total. The zero-order valence-electron chi connectivity index (χ0n) is 12.1. The number of aromatic nitrogens is 3. The Morgan fingerprint density at radius 3 is 3.10 bits per heavy atom. The molecule has 0 spiro atoms. The molecule has 2 aromatic heterocycles. The van der Waals surface area contributed by atoms with E-state index >= 15 is 0 Å². The molecule has 3 aromatic rings. The van der Waals surface area contributed by atoms with Gasteiger partial charge in [-0.05, 0) is 12.5 Å². The average Bonchev–Trinajstić information content (AvgIpc) is 3.11. The third-order valence-electron chi connectivity index (χ3n) is 4.07. The molecule has 0 amide bonds. The Labute approximate surface area is 127 Å². The van der Waals surface area contributed by atoms with E-state index in [4.69, 9.17) is 0 Å². The van der Waals surface area contributed by atoms with Crippen LogP contribution in [-0.4, -0.2) is 21.7 Å². The third-order valence-corrected chi connectivity index (χ3v) is 5.12. The van der Waals surface area contributed by atoms with Crippen LogP contribution in [0.25, 0.3) is 10.9 Å². The summed E-state index contributed by atoms with van der Waals surface area (Å²) in [6, 6.07) is 8.56. The maximum Gasteiger partial charge on any atom is 0.208 e. The van der Waals surface area contributed by atoms with Gasteiger partial charge in [-0.15, -0.1) is 10.2 Å². The van der Waals surface area contributed by atoms with Crippen molar-refractivity contribution in [1.82, 2.24) is 15.2 Å². The lowest BCUT2D eigenvalue weighted by Gasteiger charge is -2.26. The molecule has 0 fully saturated rings. The lowest BCUT2D eigenvalue weighted by molar-refractivity contribution is 0.717. The van der Waals surface area contributed by atoms with Crippen molar-refractivity contribution < 1.29 is 0 Å². The van der Waals surface area contributed by atoms with Gasteiger partial charge in [0.1, 0.15) is 5.01 Å². The van der Waals surface area contributed by atoms with Gasteiger partial charge in [-0.2, -0.15) is 0 Å². The number of nitrogens with one attached hydrogen (secondary N) is 1. The van der Waals surface area contributed by atoms with Gasteiger partial charge in [0, 0.05) is 48.1 Å². The van der Waals surface area contributed by atoms with Gasteiger partial charge in [-0.25, -0.2) is 0 Å². The van der Waals surface area contributed by atoms with Crippen LogP contribution in [0, 0.1) is 0 Å². The molecule has 108 valence electrons. The number of aryl methyl sites for hydroxylation is 1. The molecule has 0 atom stereocenters. The zero-order chi connectivity index (χ0) is 14.2. The van der Waals surface area contributed by atoms with Crippen LogP contribution in [0.3, 0.4) is 0 Å². The standard InChI is InChI=1S/C16H18N4S/c1-2-5-15-18-19-16(21-15)20-9-8-14-12(10-20)11-6-3-4-7-13(11)17-14/h3-4,6-7,17H,2,5,8-10H2,1H3. The van der Waals surface area contributed by atoms with E-state index in [1.165, 1.54) is 22.2 Å². The highest BCUT2D eigenvalue weighted by Gasteiger charge is 2.22. The largest absolute Gasteiger partial charge is 0.358 e. The van der Waals surface area contributed by atoms with Crippen LogP contribution in [0.5, 0.6) is 0 Å². The average molecular weight is 298 g/mol. The predicted molar refractivity (Wildman–Crippen MR) is 87.0 cm³/mol. The van der Waals surface area contributed by atoms with E-state index in [1.807, 2.05) is 0 Å². The number of hydrogen-bond donors (Lipinski definition) is 1. The summed E-state index contributed by atoms with van der Waals surface area (Å²) in [5.41, 5.74) is 4.04. The minimum Gasteiger partial charge on any atom is -0.358 e. The van der Waals surface area contributed by atoms with Crippen molar-refractivity contribution in [3.8, 4) is 0 Å². The molecule has 1 aliphatic heterocycles. The van der Waals surface area contributed by atoms with Crippen LogP contribution < -0.4 is 4.90 Å². The van der Waals surface area contributed by atoms with Crippen LogP contribution in [0.4, 0.5) is 5.13 Å². The number of fused-ring (bicyclic) bond motifs is 3. The van der Waals surface area contributed by atoms with E-state index in [-0.39, 0.29) is 0 Å². The summed E-state index contributed by atoms with van der Waals surface area (Å²) in [7, 11) is 0. The second-order valence-electron chi connectivity index (χ2n) is 5.53. The molecule has 4 rings (SSSR count). The lowest BCUT2D eigenvalue weighted by atomic mass is 10.1. The number of rotatable bonds is 3. The van der Waals surface area contributed by atoms with Crippen LogP contribution in [0.15, 0.2) is 24.3 Å². The molecule has 0 bridgehead atoms. The van der Waals surface area contributed by atoms with Crippen LogP contribution in [0.2, 0.25) is 0 Å². The third kappa shape index (κ3) is 2.21. The molecule has 1 aromatic carbocycles. The summed E-state index contributed by atoms with van der Waals surface area (Å²) in [6.07, 6.45) is 3.21. The molecular formula is C16H18N4S. The fourth-order valence-corrected chi connectivity index (χ4v) is 3.98. The maximum atomic E-state index is 4.38. The number of hydrogen-bond acceptors (Lipinski definition) is 4. The van der Waals surface area contributed by atoms with Crippen molar-refractivity contribution in [2.75, 3.05) is 11.4 Å². The van der Waals surface area contributed by atoms with E-state index in [0.29, 0.717) is 0 Å². The van der Waals surface area contributed by atoms with Crippen molar-refractivity contribution in [1.29, 1.82) is 0 Å². The first-order valence-corrected chi connectivity index (χ1v) is 8.32. The van der Waals surface area contributed by atoms with Gasteiger partial charge in [-0.3, -0.25) is 0 Å². The number of para-hydroxylation sites is 1. The highest BCUT2D eigenvalue weighted by molar-refractivity contribution is 7.15. The van der Waals surface area contributed by atoms with Gasteiger partial charge >= 0.3 is 0 Å². The van der Waals surface area contributed by atoms with E-state index in [9.17, 15) is 0 Å². The molecule has 0 saturated heterocycles. The number of anilines is 1. The van der Waals surface area contributed by atoms with Gasteiger partial charge in [-0.1, -0.05) is 36.5 Å². The molecule has 3 heterocycles. The van der Waals surface area contributed by atoms with Gasteiger partial charge in [0.2, 0.25) is 5.13 Å².